The largest absolute Gasteiger partial charge is 0.481 e. The average Bonchev–Trinajstić information content (AvgIpc) is 2.41. The van der Waals surface area contributed by atoms with Gasteiger partial charge in [-0.25, -0.2) is 4.39 Å². The minimum absolute atomic E-state index is 0.172. The summed E-state index contributed by atoms with van der Waals surface area (Å²) < 4.78 is 41.5. The Labute approximate surface area is 125 Å². The van der Waals surface area contributed by atoms with Crippen molar-refractivity contribution in [3.8, 4) is 5.75 Å². The summed E-state index contributed by atoms with van der Waals surface area (Å²) in [4.78, 5) is 23.1. The number of hydrogen-bond donors (Lipinski definition) is 1. The molecule has 0 fully saturated rings. The Kier molecular flexibility index (Phi) is 5.96. The predicted octanol–water partition coefficient (Wildman–Crippen LogP) is 3.43. The summed E-state index contributed by atoms with van der Waals surface area (Å²) in [5, 5.41) is 9.11. The van der Waals surface area contributed by atoms with E-state index in [4.69, 9.17) is 5.11 Å². The van der Waals surface area contributed by atoms with Gasteiger partial charge in [0.05, 0.1) is 5.41 Å². The number of rotatable bonds is 8. The molecule has 1 N–H and O–H groups in total. The van der Waals surface area contributed by atoms with Gasteiger partial charge in [0.15, 0.2) is 11.6 Å². The lowest BCUT2D eigenvalue weighted by Crippen LogP contribution is -2.30. The van der Waals surface area contributed by atoms with Crippen molar-refractivity contribution >= 4 is 11.8 Å². The van der Waals surface area contributed by atoms with Crippen molar-refractivity contribution in [2.75, 3.05) is 0 Å². The fourth-order valence-electron chi connectivity index (χ4n) is 1.92. The molecule has 0 unspecified atom stereocenters. The molecular formula is C15H17F3O4. The molecule has 0 saturated heterocycles. The van der Waals surface area contributed by atoms with Gasteiger partial charge in [0.2, 0.25) is 0 Å². The lowest BCUT2D eigenvalue weighted by atomic mass is 9.81. The zero-order valence-electron chi connectivity index (χ0n) is 12.2. The highest BCUT2D eigenvalue weighted by molar-refractivity contribution is 5.87. The first-order valence-electron chi connectivity index (χ1n) is 6.66. The molecule has 22 heavy (non-hydrogen) atoms. The van der Waals surface area contributed by atoms with E-state index in [0.717, 1.165) is 12.1 Å². The Morgan fingerprint density at radius 3 is 2.45 bits per heavy atom. The molecule has 0 heterocycles. The first kappa shape index (κ1) is 18.0. The monoisotopic (exact) mass is 318 g/mol. The van der Waals surface area contributed by atoms with Gasteiger partial charge in [0.25, 0.3) is 0 Å². The molecule has 0 bridgehead atoms. The SMILES string of the molecule is CC[C@](C)(CC(=O)Cc1ccc(OC(F)F)c(F)c1)C(=O)O. The minimum atomic E-state index is -3.14. The number of ketones is 1. The van der Waals surface area contributed by atoms with Crippen LogP contribution in [0.3, 0.4) is 0 Å². The zero-order chi connectivity index (χ0) is 16.9. The Bertz CT molecular complexity index is 560. The molecular weight excluding hydrogens is 301 g/mol. The molecule has 0 saturated carbocycles. The number of benzene rings is 1. The van der Waals surface area contributed by atoms with Crippen LogP contribution in [-0.2, 0) is 16.0 Å². The molecule has 1 aromatic rings. The van der Waals surface area contributed by atoms with Crippen LogP contribution in [0, 0.1) is 11.2 Å². The third-order valence-corrected chi connectivity index (χ3v) is 3.50. The van der Waals surface area contributed by atoms with E-state index in [1.165, 1.54) is 13.0 Å². The van der Waals surface area contributed by atoms with Crippen molar-refractivity contribution in [1.82, 2.24) is 0 Å². The highest BCUT2D eigenvalue weighted by Crippen LogP contribution is 2.27. The summed E-state index contributed by atoms with van der Waals surface area (Å²) in [6.07, 6.45) is -0.0753. The second-order valence-corrected chi connectivity index (χ2v) is 5.25. The van der Waals surface area contributed by atoms with Gasteiger partial charge in [-0.2, -0.15) is 8.78 Å². The predicted molar refractivity (Wildman–Crippen MR) is 72.4 cm³/mol. The third-order valence-electron chi connectivity index (χ3n) is 3.50. The minimum Gasteiger partial charge on any atom is -0.481 e. The number of carboxylic acids is 1. The van der Waals surface area contributed by atoms with Crippen LogP contribution in [0.15, 0.2) is 18.2 Å². The van der Waals surface area contributed by atoms with Crippen LogP contribution in [0.4, 0.5) is 13.2 Å². The van der Waals surface area contributed by atoms with Crippen LogP contribution in [0.2, 0.25) is 0 Å². The Morgan fingerprint density at radius 1 is 1.36 bits per heavy atom. The summed E-state index contributed by atoms with van der Waals surface area (Å²) in [5.74, 6) is -3.04. The quantitative estimate of drug-likeness (QED) is 0.797. The average molecular weight is 318 g/mol. The van der Waals surface area contributed by atoms with Gasteiger partial charge in [-0.1, -0.05) is 13.0 Å². The summed E-state index contributed by atoms with van der Waals surface area (Å²) >= 11 is 0. The van der Waals surface area contributed by atoms with Gasteiger partial charge in [-0.3, -0.25) is 9.59 Å². The Morgan fingerprint density at radius 2 is 2.00 bits per heavy atom. The van der Waals surface area contributed by atoms with Crippen molar-refractivity contribution in [2.45, 2.75) is 39.7 Å². The molecule has 0 aromatic heterocycles. The van der Waals surface area contributed by atoms with Crippen molar-refractivity contribution in [3.63, 3.8) is 0 Å². The summed E-state index contributed by atoms with van der Waals surface area (Å²) in [5.41, 5.74) is -0.901. The van der Waals surface area contributed by atoms with Gasteiger partial charge in [-0.15, -0.1) is 0 Å². The van der Waals surface area contributed by atoms with Crippen LogP contribution < -0.4 is 4.74 Å². The van der Waals surface area contributed by atoms with Crippen LogP contribution in [-0.4, -0.2) is 23.5 Å². The fourth-order valence-corrected chi connectivity index (χ4v) is 1.92. The maximum absolute atomic E-state index is 13.5. The number of carbonyl (C=O) groups excluding carboxylic acids is 1. The van der Waals surface area contributed by atoms with Gasteiger partial charge in [-0.05, 0) is 31.0 Å². The smallest absolute Gasteiger partial charge is 0.387 e. The van der Waals surface area contributed by atoms with Crippen molar-refractivity contribution < 1.29 is 32.6 Å². The second kappa shape index (κ2) is 7.29. The normalized spacial score (nSPS) is 13.7. The number of alkyl halides is 2. The van der Waals surface area contributed by atoms with E-state index >= 15 is 0 Å². The zero-order valence-corrected chi connectivity index (χ0v) is 12.2. The molecule has 0 aliphatic carbocycles. The fraction of sp³-hybridized carbons (Fsp3) is 0.467. The van der Waals surface area contributed by atoms with Gasteiger partial charge in [0, 0.05) is 12.8 Å². The molecule has 0 aliphatic rings. The standard InChI is InChI=1S/C15H17F3O4/c1-3-15(2,13(20)21)8-10(19)6-9-4-5-12(11(16)7-9)22-14(17)18/h4-5,7,14H,3,6,8H2,1-2H3,(H,20,21)/t15-/m1/s1. The molecule has 122 valence electrons. The van der Waals surface area contributed by atoms with E-state index < -0.39 is 29.6 Å². The Hall–Kier alpha value is -2.05. The first-order chi connectivity index (χ1) is 10.2. The van der Waals surface area contributed by atoms with Crippen molar-refractivity contribution in [1.29, 1.82) is 0 Å². The van der Waals surface area contributed by atoms with Gasteiger partial charge >= 0.3 is 12.6 Å². The highest BCUT2D eigenvalue weighted by Gasteiger charge is 2.33. The number of ether oxygens (including phenoxy) is 1. The summed E-state index contributed by atoms with van der Waals surface area (Å²) in [6, 6.07) is 3.24. The lowest BCUT2D eigenvalue weighted by Gasteiger charge is -2.21. The molecule has 0 aliphatic heterocycles. The lowest BCUT2D eigenvalue weighted by molar-refractivity contribution is -0.150. The number of halogens is 3. The molecule has 1 atom stereocenters. The number of carbonyl (C=O) groups is 2. The van der Waals surface area contributed by atoms with E-state index in [9.17, 15) is 22.8 Å². The van der Waals surface area contributed by atoms with E-state index in [1.807, 2.05) is 0 Å². The van der Waals surface area contributed by atoms with Crippen LogP contribution in [0.1, 0.15) is 32.3 Å². The molecule has 7 heteroatoms. The van der Waals surface area contributed by atoms with Crippen LogP contribution in [0.5, 0.6) is 5.75 Å². The second-order valence-electron chi connectivity index (χ2n) is 5.25. The number of hydrogen-bond acceptors (Lipinski definition) is 3. The van der Waals surface area contributed by atoms with Crippen molar-refractivity contribution in [3.05, 3.63) is 29.6 Å². The molecule has 4 nitrogen and oxygen atoms in total. The third kappa shape index (κ3) is 4.75. The molecule has 0 spiro atoms. The van der Waals surface area contributed by atoms with E-state index in [0.29, 0.717) is 0 Å². The Balaban J connectivity index is 2.77. The molecule has 0 radical (unpaired) electrons. The van der Waals surface area contributed by atoms with E-state index in [2.05, 4.69) is 4.74 Å². The number of Topliss-reactive ketones (excluding diaryl/α,β-unsaturated/α-hetero) is 1. The van der Waals surface area contributed by atoms with E-state index in [-0.39, 0.29) is 30.6 Å². The van der Waals surface area contributed by atoms with Gasteiger partial charge < -0.3 is 9.84 Å². The molecule has 1 aromatic carbocycles. The maximum atomic E-state index is 13.5. The summed E-state index contributed by atoms with van der Waals surface area (Å²) in [6.45, 7) is -0.00639. The number of aliphatic carboxylic acids is 1. The molecule has 1 rings (SSSR count). The number of carboxylic acid groups (broad SMARTS) is 1. The summed E-state index contributed by atoms with van der Waals surface area (Å²) in [7, 11) is 0. The topological polar surface area (TPSA) is 63.6 Å². The first-order valence-corrected chi connectivity index (χ1v) is 6.66. The van der Waals surface area contributed by atoms with Gasteiger partial charge in [0.1, 0.15) is 5.78 Å². The molecule has 0 amide bonds. The highest BCUT2D eigenvalue weighted by atomic mass is 19.3. The maximum Gasteiger partial charge on any atom is 0.387 e. The van der Waals surface area contributed by atoms with Crippen LogP contribution in [0.25, 0.3) is 0 Å². The van der Waals surface area contributed by atoms with Crippen molar-refractivity contribution in [2.24, 2.45) is 5.41 Å². The van der Waals surface area contributed by atoms with Crippen LogP contribution >= 0.6 is 0 Å². The van der Waals surface area contributed by atoms with E-state index in [1.54, 1.807) is 6.92 Å².